The number of carbonyl (C=O) groups is 1. The normalized spacial score (nSPS) is 9.91. The zero-order valence-electron chi connectivity index (χ0n) is 5.58. The van der Waals surface area contributed by atoms with Gasteiger partial charge in [-0.05, 0) is 0 Å². The molecule has 0 saturated heterocycles. The Morgan fingerprint density at radius 2 is 2.55 bits per heavy atom. The number of halogens is 1. The lowest BCUT2D eigenvalue weighted by atomic mass is 10.3. The van der Waals surface area contributed by atoms with Gasteiger partial charge in [0.1, 0.15) is 4.88 Å². The Morgan fingerprint density at radius 3 is 3.09 bits per heavy atom. The maximum Gasteiger partial charge on any atom is 0.347 e. The molecule has 0 aliphatic heterocycles. The summed E-state index contributed by atoms with van der Waals surface area (Å²) in [4.78, 5) is 14.3. The molecule has 0 bridgehead atoms. The highest BCUT2D eigenvalue weighted by Gasteiger charge is 2.11. The van der Waals surface area contributed by atoms with Crippen LogP contribution in [0.15, 0.2) is 5.51 Å². The van der Waals surface area contributed by atoms with Crippen LogP contribution in [0.5, 0.6) is 0 Å². The van der Waals surface area contributed by atoms with Gasteiger partial charge in [0.25, 0.3) is 0 Å². The number of aromatic carboxylic acids is 1. The highest BCUT2D eigenvalue weighted by molar-refractivity contribution is 7.11. The third-order valence-electron chi connectivity index (χ3n) is 1.17. The van der Waals surface area contributed by atoms with E-state index in [-0.39, 0.29) is 11.3 Å². The summed E-state index contributed by atoms with van der Waals surface area (Å²) in [7, 11) is 0. The van der Waals surface area contributed by atoms with Crippen molar-refractivity contribution in [3.8, 4) is 0 Å². The van der Waals surface area contributed by atoms with Crippen molar-refractivity contribution in [1.29, 1.82) is 0 Å². The van der Waals surface area contributed by atoms with Crippen molar-refractivity contribution in [1.82, 2.24) is 4.98 Å². The number of aryl methyl sites for hydroxylation is 1. The molecule has 0 spiro atoms. The number of rotatable bonds is 3. The van der Waals surface area contributed by atoms with Crippen molar-refractivity contribution in [2.75, 3.05) is 6.67 Å². The number of hydrogen-bond acceptors (Lipinski definition) is 3. The first-order valence-electron chi connectivity index (χ1n) is 2.97. The van der Waals surface area contributed by atoms with E-state index in [1.807, 2.05) is 0 Å². The molecular weight excluding hydrogens is 169 g/mol. The second-order valence-electron chi connectivity index (χ2n) is 1.87. The monoisotopic (exact) mass is 175 g/mol. The standard InChI is InChI=1S/C6H6FNO2S/c7-2-1-4-5(6(9)10)11-3-8-4/h3H,1-2H2,(H,9,10). The molecule has 1 aromatic rings. The highest BCUT2D eigenvalue weighted by atomic mass is 32.1. The molecular formula is C6H6FNO2S. The molecule has 3 nitrogen and oxygen atoms in total. The Morgan fingerprint density at radius 1 is 1.82 bits per heavy atom. The number of nitrogens with zero attached hydrogens (tertiary/aromatic N) is 1. The first-order chi connectivity index (χ1) is 5.25. The van der Waals surface area contributed by atoms with Gasteiger partial charge in [0.05, 0.1) is 17.9 Å². The average molecular weight is 175 g/mol. The van der Waals surface area contributed by atoms with Gasteiger partial charge < -0.3 is 5.11 Å². The van der Waals surface area contributed by atoms with Crippen LogP contribution in [-0.4, -0.2) is 22.7 Å². The summed E-state index contributed by atoms with van der Waals surface area (Å²) in [6.45, 7) is -0.565. The molecule has 1 aromatic heterocycles. The van der Waals surface area contributed by atoms with E-state index in [4.69, 9.17) is 5.11 Å². The van der Waals surface area contributed by atoms with E-state index in [1.54, 1.807) is 0 Å². The lowest BCUT2D eigenvalue weighted by Gasteiger charge is -1.91. The summed E-state index contributed by atoms with van der Waals surface area (Å²) in [6.07, 6.45) is 0.0884. The van der Waals surface area contributed by atoms with E-state index < -0.39 is 12.6 Å². The molecule has 1 rings (SSSR count). The minimum Gasteiger partial charge on any atom is -0.477 e. The molecule has 1 heterocycles. The lowest BCUT2D eigenvalue weighted by molar-refractivity contribution is 0.0700. The summed E-state index contributed by atoms with van der Waals surface area (Å²) in [6, 6.07) is 0. The largest absolute Gasteiger partial charge is 0.477 e. The lowest BCUT2D eigenvalue weighted by Crippen LogP contribution is -1.99. The Labute approximate surface area is 66.5 Å². The summed E-state index contributed by atoms with van der Waals surface area (Å²) < 4.78 is 11.8. The van der Waals surface area contributed by atoms with Crippen LogP contribution in [0.4, 0.5) is 4.39 Å². The molecule has 0 unspecified atom stereocenters. The fraction of sp³-hybridized carbons (Fsp3) is 0.333. The van der Waals surface area contributed by atoms with Crippen molar-refractivity contribution in [2.45, 2.75) is 6.42 Å². The highest BCUT2D eigenvalue weighted by Crippen LogP contribution is 2.13. The molecule has 5 heteroatoms. The summed E-state index contributed by atoms with van der Waals surface area (Å²) in [5, 5.41) is 8.53. The van der Waals surface area contributed by atoms with Gasteiger partial charge >= 0.3 is 5.97 Å². The second kappa shape index (κ2) is 3.43. The van der Waals surface area contributed by atoms with Gasteiger partial charge in [0.15, 0.2) is 0 Å². The van der Waals surface area contributed by atoms with Crippen LogP contribution in [-0.2, 0) is 6.42 Å². The van der Waals surface area contributed by atoms with Gasteiger partial charge in [-0.25, -0.2) is 9.78 Å². The van der Waals surface area contributed by atoms with E-state index in [2.05, 4.69) is 4.98 Å². The van der Waals surface area contributed by atoms with E-state index >= 15 is 0 Å². The molecule has 0 saturated carbocycles. The number of carboxylic acid groups (broad SMARTS) is 1. The van der Waals surface area contributed by atoms with Crippen LogP contribution in [0.2, 0.25) is 0 Å². The maximum atomic E-state index is 11.8. The predicted molar refractivity (Wildman–Crippen MR) is 38.8 cm³/mol. The van der Waals surface area contributed by atoms with E-state index in [0.29, 0.717) is 5.69 Å². The van der Waals surface area contributed by atoms with Gasteiger partial charge in [-0.15, -0.1) is 11.3 Å². The number of thiazole rings is 1. The van der Waals surface area contributed by atoms with Crippen molar-refractivity contribution in [2.24, 2.45) is 0 Å². The molecule has 0 aliphatic carbocycles. The zero-order chi connectivity index (χ0) is 8.27. The Bertz CT molecular complexity index is 261. The van der Waals surface area contributed by atoms with Gasteiger partial charge in [-0.3, -0.25) is 4.39 Å². The molecule has 60 valence electrons. The summed E-state index contributed by atoms with van der Waals surface area (Å²) >= 11 is 1.02. The van der Waals surface area contributed by atoms with Crippen LogP contribution in [0, 0.1) is 0 Å². The summed E-state index contributed by atoms with van der Waals surface area (Å²) in [5.41, 5.74) is 1.75. The van der Waals surface area contributed by atoms with Crippen LogP contribution in [0.1, 0.15) is 15.4 Å². The van der Waals surface area contributed by atoms with Gasteiger partial charge in [0.2, 0.25) is 0 Å². The summed E-state index contributed by atoms with van der Waals surface area (Å²) in [5.74, 6) is -1.03. The van der Waals surface area contributed by atoms with Crippen LogP contribution in [0.25, 0.3) is 0 Å². The van der Waals surface area contributed by atoms with E-state index in [9.17, 15) is 9.18 Å². The average Bonchev–Trinajstić information content (AvgIpc) is 2.36. The number of carboxylic acids is 1. The van der Waals surface area contributed by atoms with Crippen LogP contribution in [0.3, 0.4) is 0 Å². The van der Waals surface area contributed by atoms with Crippen molar-refractivity contribution in [3.63, 3.8) is 0 Å². The smallest absolute Gasteiger partial charge is 0.347 e. The molecule has 0 radical (unpaired) electrons. The quantitative estimate of drug-likeness (QED) is 0.754. The van der Waals surface area contributed by atoms with Gasteiger partial charge in [0, 0.05) is 6.42 Å². The molecule has 1 N–H and O–H groups in total. The maximum absolute atomic E-state index is 11.8. The van der Waals surface area contributed by atoms with Crippen molar-refractivity contribution >= 4 is 17.3 Å². The zero-order valence-corrected chi connectivity index (χ0v) is 6.40. The Balaban J connectivity index is 2.87. The fourth-order valence-corrected chi connectivity index (χ4v) is 1.39. The van der Waals surface area contributed by atoms with Gasteiger partial charge in [-0.2, -0.15) is 0 Å². The minimum atomic E-state index is -1.03. The van der Waals surface area contributed by atoms with E-state index in [1.165, 1.54) is 5.51 Å². The third-order valence-corrected chi connectivity index (χ3v) is 2.02. The second-order valence-corrected chi connectivity index (χ2v) is 2.73. The van der Waals surface area contributed by atoms with Gasteiger partial charge in [-0.1, -0.05) is 0 Å². The van der Waals surface area contributed by atoms with E-state index in [0.717, 1.165) is 11.3 Å². The first-order valence-corrected chi connectivity index (χ1v) is 3.85. The van der Waals surface area contributed by atoms with Crippen molar-refractivity contribution < 1.29 is 14.3 Å². The minimum absolute atomic E-state index is 0.0884. The molecule has 11 heavy (non-hydrogen) atoms. The predicted octanol–water partition coefficient (Wildman–Crippen LogP) is 1.35. The Hall–Kier alpha value is -0.970. The molecule has 0 amide bonds. The molecule has 0 atom stereocenters. The van der Waals surface area contributed by atoms with Crippen LogP contribution < -0.4 is 0 Å². The van der Waals surface area contributed by atoms with Crippen LogP contribution >= 0.6 is 11.3 Å². The molecule has 0 aromatic carbocycles. The first kappa shape index (κ1) is 8.13. The molecule has 0 aliphatic rings. The fourth-order valence-electron chi connectivity index (χ4n) is 0.711. The number of alkyl halides is 1. The SMILES string of the molecule is O=C(O)c1scnc1CCF. The van der Waals surface area contributed by atoms with Crippen molar-refractivity contribution in [3.05, 3.63) is 16.1 Å². The Kier molecular flexibility index (Phi) is 2.53. The topological polar surface area (TPSA) is 50.2 Å². The molecule has 0 fully saturated rings. The number of aromatic nitrogens is 1. The number of hydrogen-bond donors (Lipinski definition) is 1. The third kappa shape index (κ3) is 1.74.